The van der Waals surface area contributed by atoms with Crippen molar-refractivity contribution in [3.8, 4) is 0 Å². The summed E-state index contributed by atoms with van der Waals surface area (Å²) in [7, 11) is 0. The normalized spacial score (nSPS) is 12.0. The summed E-state index contributed by atoms with van der Waals surface area (Å²) in [6.07, 6.45) is 2.08. The van der Waals surface area contributed by atoms with Crippen LogP contribution in [0.3, 0.4) is 0 Å². The topological polar surface area (TPSA) is 34.4 Å². The summed E-state index contributed by atoms with van der Waals surface area (Å²) >= 11 is 9.22. The Kier molecular flexibility index (Phi) is 5.43. The van der Waals surface area contributed by atoms with Crippen molar-refractivity contribution in [1.29, 1.82) is 0 Å². The van der Waals surface area contributed by atoms with E-state index in [1.807, 2.05) is 0 Å². The molecule has 1 aromatic heterocycles. The third-order valence-corrected chi connectivity index (χ3v) is 5.53. The number of aryl methyl sites for hydroxylation is 2. The molecule has 6 heteroatoms. The molecule has 3 nitrogen and oxygen atoms in total. The minimum absolute atomic E-state index is 0.243. The first-order valence-electron chi connectivity index (χ1n) is 7.52. The van der Waals surface area contributed by atoms with Crippen LogP contribution in [0.4, 0.5) is 0 Å². The summed E-state index contributed by atoms with van der Waals surface area (Å²) in [6, 6.07) is 13.2. The molecule has 0 aliphatic rings. The van der Waals surface area contributed by atoms with Gasteiger partial charge in [-0.2, -0.15) is 16.8 Å². The number of carbonyl (C=O) groups excluding carboxylic acids is 1. The zero-order chi connectivity index (χ0) is 17.1. The average Bonchev–Trinajstić information content (AvgIpc) is 2.89. The van der Waals surface area contributed by atoms with Crippen LogP contribution in [0, 0.1) is 6.92 Å². The predicted octanol–water partition coefficient (Wildman–Crippen LogP) is 4.77. The van der Waals surface area contributed by atoms with Crippen LogP contribution in [0.5, 0.6) is 0 Å². The van der Waals surface area contributed by atoms with Crippen molar-refractivity contribution >= 4 is 50.8 Å². The van der Waals surface area contributed by atoms with E-state index in [-0.39, 0.29) is 5.91 Å². The fourth-order valence-electron chi connectivity index (χ4n) is 2.41. The number of amides is 1. The average molecular weight is 377 g/mol. The van der Waals surface area contributed by atoms with Crippen molar-refractivity contribution in [2.75, 3.05) is 12.0 Å². The summed E-state index contributed by atoms with van der Waals surface area (Å²) in [5.41, 5.74) is 2.88. The number of carbonyl (C=O) groups is 1. The standard InChI is InChI=1S/C18H17ClN2OS2/c1-12-3-8-15-16(11-12)24-18(21(15)9-10-23-2)20-17(22)13-4-6-14(19)7-5-13/h3-8,11H,9-10H2,1-2H3. The molecule has 0 unspecified atom stereocenters. The van der Waals surface area contributed by atoms with Crippen molar-refractivity contribution < 1.29 is 4.79 Å². The number of thiazole rings is 1. The molecule has 0 radical (unpaired) electrons. The van der Waals surface area contributed by atoms with E-state index in [1.54, 1.807) is 47.4 Å². The van der Waals surface area contributed by atoms with Crippen molar-refractivity contribution in [2.24, 2.45) is 4.99 Å². The fraction of sp³-hybridized carbons (Fsp3) is 0.222. The van der Waals surface area contributed by atoms with Crippen LogP contribution in [0.25, 0.3) is 10.2 Å². The number of nitrogens with zero attached hydrogens (tertiary/aromatic N) is 2. The van der Waals surface area contributed by atoms with Crippen LogP contribution in [0.15, 0.2) is 47.5 Å². The van der Waals surface area contributed by atoms with Gasteiger partial charge in [-0.3, -0.25) is 4.79 Å². The number of hydrogen-bond donors (Lipinski definition) is 0. The van der Waals surface area contributed by atoms with Gasteiger partial charge in [-0.25, -0.2) is 0 Å². The van der Waals surface area contributed by atoms with E-state index in [1.165, 1.54) is 5.56 Å². The lowest BCUT2D eigenvalue weighted by Gasteiger charge is -2.04. The molecule has 1 amide bonds. The number of hydrogen-bond acceptors (Lipinski definition) is 3. The minimum atomic E-state index is -0.243. The van der Waals surface area contributed by atoms with E-state index in [2.05, 4.69) is 40.9 Å². The molecular weight excluding hydrogens is 360 g/mol. The summed E-state index contributed by atoms with van der Waals surface area (Å²) in [4.78, 5) is 17.6. The summed E-state index contributed by atoms with van der Waals surface area (Å²) in [5, 5.41) is 0.610. The Balaban J connectivity index is 2.09. The quantitative estimate of drug-likeness (QED) is 0.657. The van der Waals surface area contributed by atoms with Crippen LogP contribution in [-0.2, 0) is 6.54 Å². The van der Waals surface area contributed by atoms with E-state index in [0.29, 0.717) is 10.6 Å². The second-order valence-electron chi connectivity index (χ2n) is 5.42. The Morgan fingerprint density at radius 2 is 2.00 bits per heavy atom. The van der Waals surface area contributed by atoms with E-state index in [4.69, 9.17) is 11.6 Å². The third kappa shape index (κ3) is 3.74. The minimum Gasteiger partial charge on any atom is -0.316 e. The molecule has 3 aromatic rings. The van der Waals surface area contributed by atoms with Crippen molar-refractivity contribution in [1.82, 2.24) is 4.57 Å². The second-order valence-corrected chi connectivity index (χ2v) is 7.86. The highest BCUT2D eigenvalue weighted by atomic mass is 35.5. The lowest BCUT2D eigenvalue weighted by Crippen LogP contribution is -2.18. The molecule has 0 N–H and O–H groups in total. The fourth-order valence-corrected chi connectivity index (χ4v) is 4.05. The van der Waals surface area contributed by atoms with Crippen LogP contribution in [0.2, 0.25) is 5.02 Å². The highest BCUT2D eigenvalue weighted by Gasteiger charge is 2.09. The van der Waals surface area contributed by atoms with Crippen molar-refractivity contribution in [3.63, 3.8) is 0 Å². The molecule has 24 heavy (non-hydrogen) atoms. The molecule has 2 aromatic carbocycles. The summed E-state index contributed by atoms with van der Waals surface area (Å²) in [5.74, 6) is 0.732. The van der Waals surface area contributed by atoms with E-state index < -0.39 is 0 Å². The van der Waals surface area contributed by atoms with Gasteiger partial charge >= 0.3 is 0 Å². The lowest BCUT2D eigenvalue weighted by molar-refractivity contribution is 0.0998. The molecular formula is C18H17ClN2OS2. The first-order valence-corrected chi connectivity index (χ1v) is 10.1. The van der Waals surface area contributed by atoms with Crippen LogP contribution >= 0.6 is 34.7 Å². The first kappa shape index (κ1) is 17.3. The Hall–Kier alpha value is -1.56. The Bertz CT molecular complexity index is 942. The van der Waals surface area contributed by atoms with Gasteiger partial charge in [0.25, 0.3) is 5.91 Å². The third-order valence-electron chi connectivity index (χ3n) is 3.65. The smallest absolute Gasteiger partial charge is 0.279 e. The van der Waals surface area contributed by atoms with Crippen molar-refractivity contribution in [3.05, 3.63) is 63.4 Å². The highest BCUT2D eigenvalue weighted by molar-refractivity contribution is 7.98. The molecule has 0 aliphatic carbocycles. The Morgan fingerprint density at radius 3 is 2.71 bits per heavy atom. The van der Waals surface area contributed by atoms with Crippen LogP contribution in [-0.4, -0.2) is 22.5 Å². The molecule has 1 heterocycles. The summed E-state index contributed by atoms with van der Waals surface area (Å²) in [6.45, 7) is 2.90. The zero-order valence-electron chi connectivity index (χ0n) is 13.5. The number of rotatable bonds is 4. The molecule has 0 bridgehead atoms. The molecule has 0 saturated heterocycles. The Morgan fingerprint density at radius 1 is 1.25 bits per heavy atom. The maximum absolute atomic E-state index is 12.5. The largest absolute Gasteiger partial charge is 0.316 e. The molecule has 3 rings (SSSR count). The zero-order valence-corrected chi connectivity index (χ0v) is 15.8. The van der Waals surface area contributed by atoms with Gasteiger partial charge in [0.05, 0.1) is 10.2 Å². The van der Waals surface area contributed by atoms with Gasteiger partial charge in [0, 0.05) is 22.9 Å². The number of thioether (sulfide) groups is 1. The molecule has 0 spiro atoms. The maximum Gasteiger partial charge on any atom is 0.279 e. The molecule has 124 valence electrons. The van der Waals surface area contributed by atoms with Gasteiger partial charge in [0.15, 0.2) is 4.80 Å². The maximum atomic E-state index is 12.5. The second kappa shape index (κ2) is 7.55. The number of halogens is 1. The van der Waals surface area contributed by atoms with Gasteiger partial charge in [-0.05, 0) is 55.1 Å². The summed E-state index contributed by atoms with van der Waals surface area (Å²) < 4.78 is 3.28. The molecule has 0 saturated carbocycles. The SMILES string of the molecule is CSCCn1c(=NC(=O)c2ccc(Cl)cc2)sc2cc(C)ccc21. The molecule has 0 aliphatic heterocycles. The van der Waals surface area contributed by atoms with Gasteiger partial charge in [0.2, 0.25) is 0 Å². The van der Waals surface area contributed by atoms with Crippen LogP contribution in [0.1, 0.15) is 15.9 Å². The monoisotopic (exact) mass is 376 g/mol. The van der Waals surface area contributed by atoms with Crippen LogP contribution < -0.4 is 4.80 Å². The lowest BCUT2D eigenvalue weighted by atomic mass is 10.2. The van der Waals surface area contributed by atoms with Gasteiger partial charge in [-0.15, -0.1) is 0 Å². The number of benzene rings is 2. The molecule has 0 atom stereocenters. The van der Waals surface area contributed by atoms with Gasteiger partial charge in [-0.1, -0.05) is 29.0 Å². The van der Waals surface area contributed by atoms with Gasteiger partial charge < -0.3 is 4.57 Å². The van der Waals surface area contributed by atoms with E-state index in [0.717, 1.165) is 27.3 Å². The number of fused-ring (bicyclic) bond motifs is 1. The van der Waals surface area contributed by atoms with E-state index in [9.17, 15) is 4.79 Å². The van der Waals surface area contributed by atoms with Crippen molar-refractivity contribution in [2.45, 2.75) is 13.5 Å². The van der Waals surface area contributed by atoms with E-state index >= 15 is 0 Å². The Labute approximate surface area is 154 Å². The highest BCUT2D eigenvalue weighted by Crippen LogP contribution is 2.19. The molecule has 0 fully saturated rings. The van der Waals surface area contributed by atoms with Gasteiger partial charge in [0.1, 0.15) is 0 Å². The first-order chi connectivity index (χ1) is 11.6. The predicted molar refractivity (Wildman–Crippen MR) is 104 cm³/mol. The number of aromatic nitrogens is 1.